The van der Waals surface area contributed by atoms with Gasteiger partial charge in [0.25, 0.3) is 5.56 Å². The number of hydrogen-bond donors (Lipinski definition) is 0. The van der Waals surface area contributed by atoms with E-state index < -0.39 is 0 Å². The maximum Gasteiger partial charge on any atom is 0.331 e. The highest BCUT2D eigenvalue weighted by Crippen LogP contribution is 2.22. The molecule has 0 spiro atoms. The molecule has 3 heterocycles. The Bertz CT molecular complexity index is 1080. The Hall–Kier alpha value is -2.67. The Morgan fingerprint density at radius 2 is 1.96 bits per heavy atom. The number of fused-ring (bicyclic) bond motifs is 1. The van der Waals surface area contributed by atoms with E-state index in [9.17, 15) is 9.59 Å². The second-order valence-corrected chi connectivity index (χ2v) is 6.80. The summed E-state index contributed by atoms with van der Waals surface area (Å²) in [7, 11) is 0. The summed E-state index contributed by atoms with van der Waals surface area (Å²) < 4.78 is 7.96. The van der Waals surface area contributed by atoms with E-state index in [1.54, 1.807) is 35.8 Å². The predicted molar refractivity (Wildman–Crippen MR) is 96.5 cm³/mol. The number of aromatic nitrogens is 4. The third-order valence-corrected chi connectivity index (χ3v) is 4.84. The van der Waals surface area contributed by atoms with Gasteiger partial charge in [-0.25, -0.2) is 4.79 Å². The van der Waals surface area contributed by atoms with Crippen molar-refractivity contribution in [3.63, 3.8) is 0 Å². The number of aryl methyl sites for hydroxylation is 1. The average molecular weight is 373 g/mol. The van der Waals surface area contributed by atoms with Crippen molar-refractivity contribution in [2.75, 3.05) is 0 Å². The average Bonchev–Trinajstić information content (AvgIpc) is 3.06. The Kier molecular flexibility index (Phi) is 4.24. The third kappa shape index (κ3) is 2.88. The van der Waals surface area contributed by atoms with Gasteiger partial charge in [-0.05, 0) is 37.0 Å². The first-order valence-corrected chi connectivity index (χ1v) is 8.84. The molecule has 8 heteroatoms. The van der Waals surface area contributed by atoms with E-state index in [1.165, 1.54) is 4.57 Å². The van der Waals surface area contributed by atoms with Gasteiger partial charge in [-0.1, -0.05) is 28.9 Å². The second-order valence-electron chi connectivity index (χ2n) is 6.37. The van der Waals surface area contributed by atoms with Gasteiger partial charge in [-0.3, -0.25) is 13.9 Å². The minimum atomic E-state index is -0.390. The first-order valence-electron chi connectivity index (χ1n) is 8.46. The SMILES string of the molecule is Cc1nc(-c2c3n(c(=O)n(Cc4ccc(Cl)cc4)c2=O)CCCC3)no1. The summed E-state index contributed by atoms with van der Waals surface area (Å²) >= 11 is 5.92. The molecule has 0 saturated heterocycles. The lowest BCUT2D eigenvalue weighted by molar-refractivity contribution is 0.394. The standard InChI is InChI=1S/C18H17ClN4O3/c1-11-20-16(21-26-11)15-14-4-2-3-9-22(14)18(25)23(17(15)24)10-12-5-7-13(19)8-6-12/h5-8H,2-4,9-10H2,1H3. The lowest BCUT2D eigenvalue weighted by Crippen LogP contribution is -2.44. The molecule has 0 saturated carbocycles. The molecular formula is C18H17ClN4O3. The van der Waals surface area contributed by atoms with E-state index in [4.69, 9.17) is 16.1 Å². The summed E-state index contributed by atoms with van der Waals surface area (Å²) in [5.74, 6) is 0.618. The summed E-state index contributed by atoms with van der Waals surface area (Å²) in [5.41, 5.74) is 1.18. The molecule has 0 N–H and O–H groups in total. The van der Waals surface area contributed by atoms with Crippen LogP contribution in [0.15, 0.2) is 38.4 Å². The van der Waals surface area contributed by atoms with Crippen LogP contribution in [0, 0.1) is 6.92 Å². The van der Waals surface area contributed by atoms with Crippen LogP contribution in [-0.4, -0.2) is 19.3 Å². The molecule has 3 aromatic rings. The Balaban J connectivity index is 1.93. The van der Waals surface area contributed by atoms with Crippen LogP contribution in [0.5, 0.6) is 0 Å². The van der Waals surface area contributed by atoms with Gasteiger partial charge < -0.3 is 4.52 Å². The van der Waals surface area contributed by atoms with Gasteiger partial charge in [0.15, 0.2) is 0 Å². The van der Waals surface area contributed by atoms with E-state index in [2.05, 4.69) is 10.1 Å². The number of hydrogen-bond acceptors (Lipinski definition) is 5. The van der Waals surface area contributed by atoms with Crippen LogP contribution in [0.2, 0.25) is 5.02 Å². The van der Waals surface area contributed by atoms with E-state index >= 15 is 0 Å². The van der Waals surface area contributed by atoms with Crippen LogP contribution in [0.4, 0.5) is 0 Å². The number of benzene rings is 1. The highest BCUT2D eigenvalue weighted by atomic mass is 35.5. The van der Waals surface area contributed by atoms with Crippen molar-refractivity contribution in [1.29, 1.82) is 0 Å². The van der Waals surface area contributed by atoms with Crippen LogP contribution < -0.4 is 11.2 Å². The third-order valence-electron chi connectivity index (χ3n) is 4.59. The van der Waals surface area contributed by atoms with Crippen molar-refractivity contribution in [3.8, 4) is 11.4 Å². The lowest BCUT2D eigenvalue weighted by atomic mass is 10.0. The monoisotopic (exact) mass is 372 g/mol. The molecule has 2 aromatic heterocycles. The predicted octanol–water partition coefficient (Wildman–Crippen LogP) is 2.41. The molecule has 1 aliphatic rings. The summed E-state index contributed by atoms with van der Waals surface area (Å²) in [4.78, 5) is 30.3. The van der Waals surface area contributed by atoms with Gasteiger partial charge in [0.05, 0.1) is 6.54 Å². The Labute approximate surface area is 153 Å². The van der Waals surface area contributed by atoms with Crippen molar-refractivity contribution in [1.82, 2.24) is 19.3 Å². The fourth-order valence-electron chi connectivity index (χ4n) is 3.33. The molecule has 0 bridgehead atoms. The quantitative estimate of drug-likeness (QED) is 0.705. The van der Waals surface area contributed by atoms with Crippen LogP contribution in [0.25, 0.3) is 11.4 Å². The Morgan fingerprint density at radius 1 is 1.19 bits per heavy atom. The molecule has 4 rings (SSSR count). The van der Waals surface area contributed by atoms with Gasteiger partial charge in [0, 0.05) is 24.2 Å². The van der Waals surface area contributed by atoms with Crippen LogP contribution >= 0.6 is 11.6 Å². The van der Waals surface area contributed by atoms with Crippen molar-refractivity contribution >= 4 is 11.6 Å². The first-order chi connectivity index (χ1) is 12.5. The minimum absolute atomic E-state index is 0.166. The van der Waals surface area contributed by atoms with Gasteiger partial charge in [0.2, 0.25) is 11.7 Å². The normalized spacial score (nSPS) is 13.6. The van der Waals surface area contributed by atoms with Crippen LogP contribution in [0.1, 0.15) is 30.0 Å². The summed E-state index contributed by atoms with van der Waals surface area (Å²) in [5, 5.41) is 4.52. The highest BCUT2D eigenvalue weighted by Gasteiger charge is 2.25. The molecule has 0 amide bonds. The molecule has 0 unspecified atom stereocenters. The molecule has 0 radical (unpaired) electrons. The summed E-state index contributed by atoms with van der Waals surface area (Å²) in [6.45, 7) is 2.42. The fraction of sp³-hybridized carbons (Fsp3) is 0.333. The zero-order chi connectivity index (χ0) is 18.3. The molecule has 0 fully saturated rings. The zero-order valence-electron chi connectivity index (χ0n) is 14.2. The molecular weight excluding hydrogens is 356 g/mol. The van der Waals surface area contributed by atoms with Gasteiger partial charge in [-0.15, -0.1) is 0 Å². The molecule has 1 aromatic carbocycles. The van der Waals surface area contributed by atoms with Gasteiger partial charge in [-0.2, -0.15) is 4.98 Å². The molecule has 0 atom stereocenters. The number of rotatable bonds is 3. The van der Waals surface area contributed by atoms with Crippen molar-refractivity contribution in [2.24, 2.45) is 0 Å². The molecule has 7 nitrogen and oxygen atoms in total. The van der Waals surface area contributed by atoms with Gasteiger partial charge >= 0.3 is 5.69 Å². The largest absolute Gasteiger partial charge is 0.339 e. The molecule has 0 aliphatic carbocycles. The number of halogens is 1. The topological polar surface area (TPSA) is 82.9 Å². The number of nitrogens with zero attached hydrogens (tertiary/aromatic N) is 4. The summed E-state index contributed by atoms with van der Waals surface area (Å²) in [6.07, 6.45) is 2.47. The van der Waals surface area contributed by atoms with Crippen LogP contribution in [-0.2, 0) is 19.5 Å². The minimum Gasteiger partial charge on any atom is -0.339 e. The second kappa shape index (κ2) is 6.57. The maximum atomic E-state index is 13.1. The molecule has 1 aliphatic heterocycles. The first kappa shape index (κ1) is 16.8. The van der Waals surface area contributed by atoms with Crippen molar-refractivity contribution in [2.45, 2.75) is 39.3 Å². The molecule has 26 heavy (non-hydrogen) atoms. The van der Waals surface area contributed by atoms with E-state index in [-0.39, 0.29) is 23.6 Å². The van der Waals surface area contributed by atoms with Gasteiger partial charge in [0.1, 0.15) is 5.56 Å². The van der Waals surface area contributed by atoms with E-state index in [0.29, 0.717) is 35.1 Å². The van der Waals surface area contributed by atoms with Crippen LogP contribution in [0.3, 0.4) is 0 Å². The Morgan fingerprint density at radius 3 is 2.65 bits per heavy atom. The van der Waals surface area contributed by atoms with Crippen molar-refractivity contribution < 1.29 is 4.52 Å². The summed E-state index contributed by atoms with van der Waals surface area (Å²) in [6, 6.07) is 7.08. The van der Waals surface area contributed by atoms with E-state index in [0.717, 1.165) is 18.4 Å². The smallest absolute Gasteiger partial charge is 0.331 e. The van der Waals surface area contributed by atoms with E-state index in [1.807, 2.05) is 0 Å². The lowest BCUT2D eigenvalue weighted by Gasteiger charge is -2.21. The fourth-order valence-corrected chi connectivity index (χ4v) is 3.46. The van der Waals surface area contributed by atoms with Crippen molar-refractivity contribution in [3.05, 3.63) is 67.3 Å². The molecule has 134 valence electrons. The zero-order valence-corrected chi connectivity index (χ0v) is 15.0. The highest BCUT2D eigenvalue weighted by molar-refractivity contribution is 6.30. The maximum absolute atomic E-state index is 13.1.